The number of halogens is 2. The van der Waals surface area contributed by atoms with Gasteiger partial charge in [-0.2, -0.15) is 0 Å². The van der Waals surface area contributed by atoms with Crippen molar-refractivity contribution >= 4 is 46.3 Å². The Morgan fingerprint density at radius 1 is 1.24 bits per heavy atom. The molecule has 1 unspecified atom stereocenters. The van der Waals surface area contributed by atoms with Crippen LogP contribution >= 0.6 is 46.3 Å². The second-order valence-electron chi connectivity index (χ2n) is 3.74. The molecule has 0 aliphatic heterocycles. The molecule has 0 nitrogen and oxygen atoms in total. The van der Waals surface area contributed by atoms with E-state index in [1.165, 1.54) is 4.90 Å². The first-order valence-corrected chi connectivity index (χ1v) is 8.01. The predicted molar refractivity (Wildman–Crippen MR) is 80.0 cm³/mol. The van der Waals surface area contributed by atoms with Crippen molar-refractivity contribution in [1.29, 1.82) is 0 Å². The summed E-state index contributed by atoms with van der Waals surface area (Å²) >= 11 is 15.8. The Morgan fingerprint density at radius 3 is 2.35 bits per heavy atom. The number of thioether (sulfide) groups is 1. The van der Waals surface area contributed by atoms with Crippen molar-refractivity contribution in [2.24, 2.45) is 0 Å². The van der Waals surface area contributed by atoms with Crippen LogP contribution in [0.2, 0.25) is 4.34 Å². The highest BCUT2D eigenvalue weighted by Gasteiger charge is 2.14. The highest BCUT2D eigenvalue weighted by molar-refractivity contribution is 7.98. The van der Waals surface area contributed by atoms with Crippen molar-refractivity contribution in [3.63, 3.8) is 0 Å². The van der Waals surface area contributed by atoms with Gasteiger partial charge in [0.05, 0.1) is 9.71 Å². The third kappa shape index (κ3) is 3.00. The lowest BCUT2D eigenvalue weighted by molar-refractivity contribution is 1.17. The van der Waals surface area contributed by atoms with E-state index in [2.05, 4.69) is 36.6 Å². The molecule has 0 bridgehead atoms. The molecule has 0 fully saturated rings. The number of aryl methyl sites for hydroxylation is 1. The first-order chi connectivity index (χ1) is 8.11. The molecule has 4 heteroatoms. The Morgan fingerprint density at radius 2 is 1.88 bits per heavy atom. The summed E-state index contributed by atoms with van der Waals surface area (Å²) in [6.07, 6.45) is 2.07. The second kappa shape index (κ2) is 5.66. The van der Waals surface area contributed by atoms with Crippen molar-refractivity contribution in [2.45, 2.75) is 17.2 Å². The van der Waals surface area contributed by atoms with Crippen molar-refractivity contribution in [1.82, 2.24) is 0 Å². The zero-order chi connectivity index (χ0) is 12.4. The maximum absolute atomic E-state index is 6.46. The van der Waals surface area contributed by atoms with Gasteiger partial charge in [-0.1, -0.05) is 23.7 Å². The molecule has 2 rings (SSSR count). The van der Waals surface area contributed by atoms with Crippen LogP contribution in [-0.4, -0.2) is 6.26 Å². The summed E-state index contributed by atoms with van der Waals surface area (Å²) in [7, 11) is 0. The smallest absolute Gasteiger partial charge is 0.0960 e. The number of hydrogen-bond acceptors (Lipinski definition) is 2. The van der Waals surface area contributed by atoms with E-state index in [4.69, 9.17) is 23.2 Å². The molecule has 0 saturated carbocycles. The molecule has 0 aliphatic rings. The molecule has 1 heterocycles. The fourth-order valence-corrected chi connectivity index (χ4v) is 3.52. The van der Waals surface area contributed by atoms with Gasteiger partial charge in [-0.25, -0.2) is 0 Å². The normalized spacial score (nSPS) is 12.7. The minimum absolute atomic E-state index is 0.109. The van der Waals surface area contributed by atoms with E-state index >= 15 is 0 Å². The van der Waals surface area contributed by atoms with Crippen LogP contribution in [0.4, 0.5) is 0 Å². The molecule has 1 aromatic carbocycles. The Labute approximate surface area is 120 Å². The molecule has 1 aromatic heterocycles. The Bertz CT molecular complexity index is 483. The minimum Gasteiger partial charge on any atom is -0.130 e. The zero-order valence-electron chi connectivity index (χ0n) is 9.54. The van der Waals surface area contributed by atoms with Gasteiger partial charge in [-0.05, 0) is 42.5 Å². The topological polar surface area (TPSA) is 0 Å². The third-order valence-electron chi connectivity index (χ3n) is 2.53. The molecular weight excluding hydrogens is 291 g/mol. The molecule has 0 spiro atoms. The summed E-state index contributed by atoms with van der Waals surface area (Å²) in [4.78, 5) is 2.35. The standard InChI is InChI=1S/C13H12Cl2S2/c1-8-7-11(17-13(8)15)12(14)9-3-5-10(16-2)6-4-9/h3-7,12H,1-2H3. The molecule has 90 valence electrons. The summed E-state index contributed by atoms with van der Waals surface area (Å²) < 4.78 is 0.825. The monoisotopic (exact) mass is 302 g/mol. The van der Waals surface area contributed by atoms with Crippen LogP contribution in [0.1, 0.15) is 21.4 Å². The summed E-state index contributed by atoms with van der Waals surface area (Å²) in [5.41, 5.74) is 2.21. The molecule has 2 aromatic rings. The van der Waals surface area contributed by atoms with E-state index in [-0.39, 0.29) is 5.38 Å². The van der Waals surface area contributed by atoms with Crippen LogP contribution < -0.4 is 0 Å². The summed E-state index contributed by atoms with van der Waals surface area (Å²) in [5, 5.41) is -0.109. The van der Waals surface area contributed by atoms with Crippen LogP contribution in [0.15, 0.2) is 35.2 Å². The van der Waals surface area contributed by atoms with Crippen LogP contribution in [0.3, 0.4) is 0 Å². The van der Waals surface area contributed by atoms with E-state index in [9.17, 15) is 0 Å². The molecule has 0 amide bonds. The Hall–Kier alpha value is -0.150. The lowest BCUT2D eigenvalue weighted by Gasteiger charge is -2.08. The number of hydrogen-bond donors (Lipinski definition) is 0. The molecule has 0 saturated heterocycles. The number of thiophene rings is 1. The van der Waals surface area contributed by atoms with Crippen LogP contribution in [0, 0.1) is 6.92 Å². The van der Waals surface area contributed by atoms with E-state index < -0.39 is 0 Å². The van der Waals surface area contributed by atoms with E-state index in [1.807, 2.05) is 6.92 Å². The van der Waals surface area contributed by atoms with Gasteiger partial charge in [0.25, 0.3) is 0 Å². The zero-order valence-corrected chi connectivity index (χ0v) is 12.7. The summed E-state index contributed by atoms with van der Waals surface area (Å²) in [6, 6.07) is 10.4. The van der Waals surface area contributed by atoms with Gasteiger partial charge in [-0.15, -0.1) is 34.7 Å². The van der Waals surface area contributed by atoms with E-state index in [0.717, 1.165) is 20.3 Å². The average Bonchev–Trinajstić information content (AvgIpc) is 2.69. The van der Waals surface area contributed by atoms with Crippen LogP contribution in [0.25, 0.3) is 0 Å². The Kier molecular flexibility index (Phi) is 4.42. The van der Waals surface area contributed by atoms with Crippen molar-refractivity contribution in [3.8, 4) is 0 Å². The molecular formula is C13H12Cl2S2. The maximum atomic E-state index is 6.46. The van der Waals surface area contributed by atoms with Crippen molar-refractivity contribution in [2.75, 3.05) is 6.26 Å². The number of benzene rings is 1. The molecule has 17 heavy (non-hydrogen) atoms. The van der Waals surface area contributed by atoms with Gasteiger partial charge in [0.2, 0.25) is 0 Å². The van der Waals surface area contributed by atoms with E-state index in [1.54, 1.807) is 23.1 Å². The second-order valence-corrected chi connectivity index (χ2v) is 6.74. The molecule has 0 aliphatic carbocycles. The highest BCUT2D eigenvalue weighted by atomic mass is 35.5. The van der Waals surface area contributed by atoms with Gasteiger partial charge in [0.1, 0.15) is 0 Å². The van der Waals surface area contributed by atoms with Gasteiger partial charge in [0, 0.05) is 9.77 Å². The average molecular weight is 303 g/mol. The maximum Gasteiger partial charge on any atom is 0.0960 e. The van der Waals surface area contributed by atoms with Gasteiger partial charge in [0.15, 0.2) is 0 Å². The predicted octanol–water partition coefficient (Wildman–Crippen LogP) is 5.76. The van der Waals surface area contributed by atoms with Crippen LogP contribution in [0.5, 0.6) is 0 Å². The first-order valence-electron chi connectivity index (χ1n) is 5.15. The lowest BCUT2D eigenvalue weighted by atomic mass is 10.1. The molecule has 0 N–H and O–H groups in total. The molecule has 0 radical (unpaired) electrons. The lowest BCUT2D eigenvalue weighted by Crippen LogP contribution is -1.89. The van der Waals surface area contributed by atoms with Crippen molar-refractivity contribution in [3.05, 3.63) is 50.7 Å². The van der Waals surface area contributed by atoms with E-state index in [0.29, 0.717) is 0 Å². The SMILES string of the molecule is CSc1ccc(C(Cl)c2cc(C)c(Cl)s2)cc1. The molecule has 1 atom stereocenters. The minimum atomic E-state index is -0.109. The largest absolute Gasteiger partial charge is 0.130 e. The summed E-state index contributed by atoms with van der Waals surface area (Å²) in [5.74, 6) is 0. The number of rotatable bonds is 3. The van der Waals surface area contributed by atoms with Gasteiger partial charge >= 0.3 is 0 Å². The highest BCUT2D eigenvalue weighted by Crippen LogP contribution is 2.37. The fraction of sp³-hybridized carbons (Fsp3) is 0.231. The Balaban J connectivity index is 2.26. The third-order valence-corrected chi connectivity index (χ3v) is 5.51. The fourth-order valence-electron chi connectivity index (χ4n) is 1.55. The van der Waals surface area contributed by atoms with Crippen molar-refractivity contribution < 1.29 is 0 Å². The summed E-state index contributed by atoms with van der Waals surface area (Å²) in [6.45, 7) is 2.00. The first kappa shape index (κ1) is 13.3. The van der Waals surface area contributed by atoms with Gasteiger partial charge < -0.3 is 0 Å². The quantitative estimate of drug-likeness (QED) is 0.513. The van der Waals surface area contributed by atoms with Gasteiger partial charge in [-0.3, -0.25) is 0 Å². The van der Waals surface area contributed by atoms with Crippen LogP contribution in [-0.2, 0) is 0 Å². The number of alkyl halides is 1.